The van der Waals surface area contributed by atoms with Crippen molar-refractivity contribution in [1.29, 1.82) is 0 Å². The standard InChI is InChI=1S/C15H15IO/c16-14(11-12-7-3-1-4-8-12)15(17)13-9-5-2-6-10-13/h1-10,14-15,17H,11H2/t14-,15-/m1/s1. The molecule has 0 saturated carbocycles. The van der Waals surface area contributed by atoms with Gasteiger partial charge in [0.1, 0.15) is 0 Å². The van der Waals surface area contributed by atoms with Gasteiger partial charge in [-0.1, -0.05) is 83.3 Å². The highest BCUT2D eigenvalue weighted by Crippen LogP contribution is 2.25. The van der Waals surface area contributed by atoms with Crippen molar-refractivity contribution in [1.82, 2.24) is 0 Å². The minimum absolute atomic E-state index is 0.192. The van der Waals surface area contributed by atoms with Gasteiger partial charge in [-0.15, -0.1) is 0 Å². The number of hydrogen-bond donors (Lipinski definition) is 1. The first kappa shape index (κ1) is 12.6. The molecule has 2 aromatic carbocycles. The lowest BCUT2D eigenvalue weighted by Crippen LogP contribution is -2.14. The summed E-state index contributed by atoms with van der Waals surface area (Å²) in [7, 11) is 0. The van der Waals surface area contributed by atoms with E-state index in [1.54, 1.807) is 0 Å². The van der Waals surface area contributed by atoms with Crippen LogP contribution in [0.25, 0.3) is 0 Å². The van der Waals surface area contributed by atoms with E-state index in [0.29, 0.717) is 0 Å². The third-order valence-corrected chi connectivity index (χ3v) is 3.88. The summed E-state index contributed by atoms with van der Waals surface area (Å²) in [6, 6.07) is 20.1. The molecular weight excluding hydrogens is 323 g/mol. The molecule has 0 aliphatic heterocycles. The lowest BCUT2D eigenvalue weighted by Gasteiger charge is -2.17. The van der Waals surface area contributed by atoms with E-state index in [1.165, 1.54) is 5.56 Å². The highest BCUT2D eigenvalue weighted by Gasteiger charge is 2.17. The van der Waals surface area contributed by atoms with Crippen molar-refractivity contribution < 1.29 is 5.11 Å². The molecule has 0 unspecified atom stereocenters. The van der Waals surface area contributed by atoms with Gasteiger partial charge < -0.3 is 5.11 Å². The summed E-state index contributed by atoms with van der Waals surface area (Å²) in [5.74, 6) is 0. The van der Waals surface area contributed by atoms with Gasteiger partial charge in [0.15, 0.2) is 0 Å². The highest BCUT2D eigenvalue weighted by atomic mass is 127. The van der Waals surface area contributed by atoms with Crippen LogP contribution < -0.4 is 0 Å². The molecule has 88 valence electrons. The zero-order valence-electron chi connectivity index (χ0n) is 9.46. The van der Waals surface area contributed by atoms with Crippen molar-refractivity contribution in [2.75, 3.05) is 0 Å². The van der Waals surface area contributed by atoms with Gasteiger partial charge in [-0.2, -0.15) is 0 Å². The molecule has 0 radical (unpaired) electrons. The van der Waals surface area contributed by atoms with Crippen LogP contribution in [0, 0.1) is 0 Å². The Balaban J connectivity index is 2.03. The van der Waals surface area contributed by atoms with Crippen LogP contribution in [-0.4, -0.2) is 9.03 Å². The molecule has 17 heavy (non-hydrogen) atoms. The second-order valence-electron chi connectivity index (χ2n) is 4.06. The summed E-state index contributed by atoms with van der Waals surface area (Å²) in [5.41, 5.74) is 2.25. The molecule has 0 amide bonds. The smallest absolute Gasteiger partial charge is 0.0910 e. The summed E-state index contributed by atoms with van der Waals surface area (Å²) in [6.07, 6.45) is 0.481. The Hall–Kier alpha value is -0.870. The van der Waals surface area contributed by atoms with Crippen LogP contribution in [0.15, 0.2) is 60.7 Å². The molecular formula is C15H15IO. The fourth-order valence-corrected chi connectivity index (χ4v) is 2.73. The summed E-state index contributed by atoms with van der Waals surface area (Å²) < 4.78 is 0.192. The minimum atomic E-state index is -0.406. The van der Waals surface area contributed by atoms with Gasteiger partial charge in [-0.3, -0.25) is 0 Å². The van der Waals surface area contributed by atoms with Crippen molar-refractivity contribution in [2.24, 2.45) is 0 Å². The molecule has 0 spiro atoms. The van der Waals surface area contributed by atoms with E-state index in [4.69, 9.17) is 0 Å². The van der Waals surface area contributed by atoms with Crippen LogP contribution in [0.2, 0.25) is 0 Å². The Labute approximate surface area is 116 Å². The first-order valence-electron chi connectivity index (χ1n) is 5.68. The largest absolute Gasteiger partial charge is 0.387 e. The van der Waals surface area contributed by atoms with Gasteiger partial charge in [0, 0.05) is 3.92 Å². The van der Waals surface area contributed by atoms with Crippen LogP contribution in [-0.2, 0) is 6.42 Å². The molecule has 0 aromatic heterocycles. The summed E-state index contributed by atoms with van der Waals surface area (Å²) in [4.78, 5) is 0. The minimum Gasteiger partial charge on any atom is -0.387 e. The molecule has 0 bridgehead atoms. The highest BCUT2D eigenvalue weighted by molar-refractivity contribution is 14.1. The van der Waals surface area contributed by atoms with E-state index in [2.05, 4.69) is 34.7 Å². The zero-order valence-corrected chi connectivity index (χ0v) is 11.6. The summed E-state index contributed by atoms with van der Waals surface area (Å²) in [6.45, 7) is 0. The van der Waals surface area contributed by atoms with E-state index in [-0.39, 0.29) is 3.92 Å². The predicted octanol–water partition coefficient (Wildman–Crippen LogP) is 3.77. The third-order valence-electron chi connectivity index (χ3n) is 2.76. The third kappa shape index (κ3) is 3.54. The van der Waals surface area contributed by atoms with Crippen molar-refractivity contribution >= 4 is 22.6 Å². The molecule has 1 N–H and O–H groups in total. The normalized spacial score (nSPS) is 14.2. The van der Waals surface area contributed by atoms with Gasteiger partial charge in [0.2, 0.25) is 0 Å². The van der Waals surface area contributed by atoms with E-state index >= 15 is 0 Å². The number of benzene rings is 2. The fourth-order valence-electron chi connectivity index (χ4n) is 1.81. The Bertz CT molecular complexity index is 441. The Morgan fingerprint density at radius 1 is 0.882 bits per heavy atom. The molecule has 2 aromatic rings. The monoisotopic (exact) mass is 338 g/mol. The van der Waals surface area contributed by atoms with Crippen LogP contribution in [0.4, 0.5) is 0 Å². The topological polar surface area (TPSA) is 20.2 Å². The molecule has 0 aliphatic carbocycles. The predicted molar refractivity (Wildman–Crippen MR) is 79.4 cm³/mol. The van der Waals surface area contributed by atoms with Crippen molar-refractivity contribution in [3.8, 4) is 0 Å². The van der Waals surface area contributed by atoms with Gasteiger partial charge in [-0.25, -0.2) is 0 Å². The second-order valence-corrected chi connectivity index (χ2v) is 5.66. The molecule has 1 nitrogen and oxygen atoms in total. The molecule has 2 rings (SSSR count). The average Bonchev–Trinajstić information content (AvgIpc) is 2.40. The Kier molecular flexibility index (Phi) is 4.57. The maximum absolute atomic E-state index is 10.2. The van der Waals surface area contributed by atoms with Crippen LogP contribution in [0.1, 0.15) is 17.2 Å². The number of halogens is 1. The Morgan fingerprint density at radius 2 is 1.41 bits per heavy atom. The Morgan fingerprint density at radius 3 is 2.00 bits per heavy atom. The first-order chi connectivity index (χ1) is 8.27. The molecule has 2 heteroatoms. The zero-order chi connectivity index (χ0) is 12.1. The lowest BCUT2D eigenvalue weighted by molar-refractivity contribution is 0.179. The molecule has 0 aliphatic rings. The van der Waals surface area contributed by atoms with Crippen LogP contribution in [0.5, 0.6) is 0 Å². The fraction of sp³-hybridized carbons (Fsp3) is 0.200. The number of alkyl halides is 1. The van der Waals surface area contributed by atoms with Crippen molar-refractivity contribution in [3.63, 3.8) is 0 Å². The number of aliphatic hydroxyl groups is 1. The maximum atomic E-state index is 10.2. The summed E-state index contributed by atoms with van der Waals surface area (Å²) in [5, 5.41) is 10.2. The quantitative estimate of drug-likeness (QED) is 0.665. The van der Waals surface area contributed by atoms with E-state index in [1.807, 2.05) is 48.5 Å². The molecule has 0 saturated heterocycles. The van der Waals surface area contributed by atoms with Crippen molar-refractivity contribution in [2.45, 2.75) is 16.4 Å². The average molecular weight is 338 g/mol. The molecule has 0 fully saturated rings. The number of rotatable bonds is 4. The molecule has 2 atom stereocenters. The lowest BCUT2D eigenvalue weighted by atomic mass is 10.0. The van der Waals surface area contributed by atoms with Gasteiger partial charge in [0.05, 0.1) is 6.10 Å². The first-order valence-corrected chi connectivity index (χ1v) is 6.93. The van der Waals surface area contributed by atoms with Gasteiger partial charge in [0.25, 0.3) is 0 Å². The van der Waals surface area contributed by atoms with Crippen molar-refractivity contribution in [3.05, 3.63) is 71.8 Å². The SMILES string of the molecule is O[C@H](c1ccccc1)[C@H](I)Cc1ccccc1. The van der Waals surface area contributed by atoms with Gasteiger partial charge >= 0.3 is 0 Å². The van der Waals surface area contributed by atoms with Crippen LogP contribution >= 0.6 is 22.6 Å². The van der Waals surface area contributed by atoms with E-state index in [0.717, 1.165) is 12.0 Å². The summed E-state index contributed by atoms with van der Waals surface area (Å²) >= 11 is 2.32. The molecule has 0 heterocycles. The van der Waals surface area contributed by atoms with E-state index < -0.39 is 6.10 Å². The maximum Gasteiger partial charge on any atom is 0.0910 e. The van der Waals surface area contributed by atoms with Crippen LogP contribution in [0.3, 0.4) is 0 Å². The number of aliphatic hydroxyl groups excluding tert-OH is 1. The second kappa shape index (κ2) is 6.17. The number of hydrogen-bond acceptors (Lipinski definition) is 1. The van der Waals surface area contributed by atoms with E-state index in [9.17, 15) is 5.11 Å². The van der Waals surface area contributed by atoms with Gasteiger partial charge in [-0.05, 0) is 17.5 Å².